The number of carbonyl (C=O) groups is 1. The summed E-state index contributed by atoms with van der Waals surface area (Å²) < 4.78 is 60.1. The molecule has 0 saturated carbocycles. The van der Waals surface area contributed by atoms with Crippen LogP contribution in [-0.2, 0) is 11.8 Å². The molecular weight excluding hydrogens is 445 g/mol. The average Bonchev–Trinajstić information content (AvgIpc) is 3.16. The van der Waals surface area contributed by atoms with Gasteiger partial charge >= 0.3 is 12.1 Å². The zero-order chi connectivity index (χ0) is 24.2. The van der Waals surface area contributed by atoms with E-state index in [1.54, 1.807) is 12.1 Å². The van der Waals surface area contributed by atoms with Gasteiger partial charge in [0, 0.05) is 25.4 Å². The van der Waals surface area contributed by atoms with Gasteiger partial charge in [0.2, 0.25) is 0 Å². The van der Waals surface area contributed by atoms with Crippen LogP contribution in [0.3, 0.4) is 0 Å². The van der Waals surface area contributed by atoms with Crippen molar-refractivity contribution >= 4 is 5.97 Å². The Morgan fingerprint density at radius 2 is 1.58 bits per heavy atom. The van der Waals surface area contributed by atoms with Crippen molar-refractivity contribution in [1.82, 2.24) is 15.1 Å². The number of rotatable bonds is 3. The standard InChI is InChI=1S/C21H21F2N3.C2HF3O2/c1-26-21(15-4-8-17(23)9-5-15)12-20(25-26)18-10-11-24-13-19(18)14-2-6-16(22)7-3-14;3-2(4,5)1(6)7/h2-9,12,18-19,24H,10-11,13H2,1H3;(H,6,7)/t18-,19+;/m1./s1. The van der Waals surface area contributed by atoms with Crippen LogP contribution in [-0.4, -0.2) is 40.1 Å². The number of nitrogens with one attached hydrogen (secondary N) is 1. The predicted octanol–water partition coefficient (Wildman–Crippen LogP) is 4.86. The fourth-order valence-electron chi connectivity index (χ4n) is 3.83. The molecule has 1 fully saturated rings. The zero-order valence-corrected chi connectivity index (χ0v) is 17.6. The zero-order valence-electron chi connectivity index (χ0n) is 17.6. The molecule has 3 aromatic rings. The Morgan fingerprint density at radius 1 is 1.03 bits per heavy atom. The van der Waals surface area contributed by atoms with E-state index in [1.807, 2.05) is 23.9 Å². The van der Waals surface area contributed by atoms with Crippen molar-refractivity contribution < 1.29 is 31.9 Å². The molecule has 2 atom stereocenters. The molecule has 0 radical (unpaired) electrons. The first-order valence-electron chi connectivity index (χ1n) is 10.1. The summed E-state index contributed by atoms with van der Waals surface area (Å²) in [6.07, 6.45) is -4.11. The molecule has 2 aromatic carbocycles. The van der Waals surface area contributed by atoms with Crippen LogP contribution in [0.2, 0.25) is 0 Å². The van der Waals surface area contributed by atoms with Gasteiger partial charge in [-0.2, -0.15) is 18.3 Å². The molecule has 1 aliphatic heterocycles. The SMILES string of the molecule is Cn1nc([C@@H]2CCNC[C@H]2c2ccc(F)cc2)cc1-c1ccc(F)cc1.O=C(O)C(F)(F)F. The van der Waals surface area contributed by atoms with Crippen molar-refractivity contribution in [2.24, 2.45) is 7.05 Å². The Balaban J connectivity index is 0.000000383. The molecule has 0 bridgehead atoms. The number of carboxylic acids is 1. The first-order chi connectivity index (χ1) is 15.6. The summed E-state index contributed by atoms with van der Waals surface area (Å²) in [5, 5.41) is 15.3. The van der Waals surface area contributed by atoms with Crippen LogP contribution in [0.15, 0.2) is 54.6 Å². The van der Waals surface area contributed by atoms with Gasteiger partial charge in [-0.1, -0.05) is 12.1 Å². The third-order valence-corrected chi connectivity index (χ3v) is 5.44. The van der Waals surface area contributed by atoms with Crippen LogP contribution >= 0.6 is 0 Å². The quantitative estimate of drug-likeness (QED) is 0.540. The van der Waals surface area contributed by atoms with E-state index in [2.05, 4.69) is 11.4 Å². The Labute approximate surface area is 186 Å². The topological polar surface area (TPSA) is 67.2 Å². The molecule has 10 heteroatoms. The van der Waals surface area contributed by atoms with Crippen molar-refractivity contribution in [1.29, 1.82) is 0 Å². The maximum absolute atomic E-state index is 13.3. The van der Waals surface area contributed by atoms with Crippen molar-refractivity contribution in [3.63, 3.8) is 0 Å². The number of hydrogen-bond donors (Lipinski definition) is 2. The third-order valence-electron chi connectivity index (χ3n) is 5.44. The summed E-state index contributed by atoms with van der Waals surface area (Å²) in [5.41, 5.74) is 4.07. The smallest absolute Gasteiger partial charge is 0.475 e. The average molecular weight is 467 g/mol. The molecule has 0 unspecified atom stereocenters. The number of alkyl halides is 3. The van der Waals surface area contributed by atoms with E-state index in [1.165, 1.54) is 24.3 Å². The first-order valence-corrected chi connectivity index (χ1v) is 10.1. The predicted molar refractivity (Wildman–Crippen MR) is 112 cm³/mol. The van der Waals surface area contributed by atoms with E-state index < -0.39 is 12.1 Å². The van der Waals surface area contributed by atoms with Crippen molar-refractivity contribution in [2.45, 2.75) is 24.4 Å². The highest BCUT2D eigenvalue weighted by Gasteiger charge is 2.38. The maximum Gasteiger partial charge on any atom is 0.490 e. The largest absolute Gasteiger partial charge is 0.490 e. The lowest BCUT2D eigenvalue weighted by Crippen LogP contribution is -2.34. The second kappa shape index (κ2) is 10.1. The molecule has 0 amide bonds. The second-order valence-electron chi connectivity index (χ2n) is 7.65. The Morgan fingerprint density at radius 3 is 2.12 bits per heavy atom. The van der Waals surface area contributed by atoms with Crippen molar-refractivity contribution in [3.8, 4) is 11.3 Å². The molecule has 33 heavy (non-hydrogen) atoms. The highest BCUT2D eigenvalue weighted by Crippen LogP contribution is 2.38. The maximum atomic E-state index is 13.3. The van der Waals surface area contributed by atoms with E-state index >= 15 is 0 Å². The normalized spacial score (nSPS) is 18.4. The van der Waals surface area contributed by atoms with Gasteiger partial charge in [-0.15, -0.1) is 0 Å². The van der Waals surface area contributed by atoms with E-state index in [-0.39, 0.29) is 23.5 Å². The number of aromatic nitrogens is 2. The van der Waals surface area contributed by atoms with Gasteiger partial charge < -0.3 is 10.4 Å². The van der Waals surface area contributed by atoms with Gasteiger partial charge in [-0.25, -0.2) is 13.6 Å². The van der Waals surface area contributed by atoms with Gasteiger partial charge in [0.15, 0.2) is 0 Å². The Hall–Kier alpha value is -3.27. The van der Waals surface area contributed by atoms with Crippen LogP contribution in [0.5, 0.6) is 0 Å². The number of aliphatic carboxylic acids is 1. The molecule has 0 aliphatic carbocycles. The number of carboxylic acid groups (broad SMARTS) is 1. The molecular formula is C23H22F5N3O2. The van der Waals surface area contributed by atoms with E-state index in [4.69, 9.17) is 15.0 Å². The van der Waals surface area contributed by atoms with E-state index in [0.717, 1.165) is 42.0 Å². The van der Waals surface area contributed by atoms with Crippen molar-refractivity contribution in [3.05, 3.63) is 77.5 Å². The lowest BCUT2D eigenvalue weighted by atomic mass is 9.79. The van der Waals surface area contributed by atoms with Crippen LogP contribution in [0.1, 0.15) is 29.5 Å². The van der Waals surface area contributed by atoms with Crippen LogP contribution in [0, 0.1) is 11.6 Å². The molecule has 2 heterocycles. The molecule has 2 N–H and O–H groups in total. The fraction of sp³-hybridized carbons (Fsp3) is 0.304. The minimum atomic E-state index is -5.08. The highest BCUT2D eigenvalue weighted by atomic mass is 19.4. The summed E-state index contributed by atoms with van der Waals surface area (Å²) in [5.74, 6) is -2.70. The van der Waals surface area contributed by atoms with Gasteiger partial charge in [0.1, 0.15) is 11.6 Å². The lowest BCUT2D eigenvalue weighted by molar-refractivity contribution is -0.192. The molecule has 176 valence electrons. The molecule has 1 saturated heterocycles. The number of hydrogen-bond acceptors (Lipinski definition) is 3. The molecule has 5 nitrogen and oxygen atoms in total. The highest BCUT2D eigenvalue weighted by molar-refractivity contribution is 5.73. The van der Waals surface area contributed by atoms with Gasteiger partial charge in [0.25, 0.3) is 0 Å². The first kappa shape index (κ1) is 24.4. The second-order valence-corrected chi connectivity index (χ2v) is 7.65. The van der Waals surface area contributed by atoms with Crippen molar-refractivity contribution in [2.75, 3.05) is 13.1 Å². The van der Waals surface area contributed by atoms with Crippen LogP contribution in [0.4, 0.5) is 22.0 Å². The third kappa shape index (κ3) is 6.16. The molecule has 1 aliphatic rings. The monoisotopic (exact) mass is 467 g/mol. The lowest BCUT2D eigenvalue weighted by Gasteiger charge is -2.31. The summed E-state index contributed by atoms with van der Waals surface area (Å²) >= 11 is 0. The summed E-state index contributed by atoms with van der Waals surface area (Å²) in [7, 11) is 1.91. The van der Waals surface area contributed by atoms with E-state index in [9.17, 15) is 22.0 Å². The minimum Gasteiger partial charge on any atom is -0.475 e. The van der Waals surface area contributed by atoms with E-state index in [0.29, 0.717) is 0 Å². The van der Waals surface area contributed by atoms with Gasteiger partial charge in [-0.05, 0) is 66.6 Å². The number of aryl methyl sites for hydroxylation is 1. The Kier molecular flexibility index (Phi) is 7.47. The number of halogens is 5. The van der Waals surface area contributed by atoms with Crippen LogP contribution < -0.4 is 5.32 Å². The summed E-state index contributed by atoms with van der Waals surface area (Å²) in [4.78, 5) is 8.90. The van der Waals surface area contributed by atoms with Crippen LogP contribution in [0.25, 0.3) is 11.3 Å². The number of piperidine rings is 1. The number of nitrogens with zero attached hydrogens (tertiary/aromatic N) is 2. The molecule has 4 rings (SSSR count). The molecule has 0 spiro atoms. The Bertz CT molecular complexity index is 1080. The number of benzene rings is 2. The van der Waals surface area contributed by atoms with Gasteiger partial charge in [0.05, 0.1) is 11.4 Å². The molecule has 1 aromatic heterocycles. The summed E-state index contributed by atoms with van der Waals surface area (Å²) in [6.45, 7) is 1.78. The minimum absolute atomic E-state index is 0.217. The fourth-order valence-corrected chi connectivity index (χ4v) is 3.83. The summed E-state index contributed by atoms with van der Waals surface area (Å²) in [6, 6.07) is 15.3. The van der Waals surface area contributed by atoms with Gasteiger partial charge in [-0.3, -0.25) is 4.68 Å².